The van der Waals surface area contributed by atoms with Crippen molar-refractivity contribution < 1.29 is 14.7 Å². The molecule has 0 aromatic rings. The molecule has 0 bridgehead atoms. The van der Waals surface area contributed by atoms with Gasteiger partial charge in [-0.25, -0.2) is 0 Å². The molecule has 5 heteroatoms. The molecule has 0 radical (unpaired) electrons. The molecule has 5 nitrogen and oxygen atoms in total. The third-order valence-corrected chi connectivity index (χ3v) is 3.01. The number of hydrogen-bond donors (Lipinski definition) is 2. The van der Waals surface area contributed by atoms with Crippen molar-refractivity contribution in [1.29, 1.82) is 0 Å². The molecule has 2 amide bonds. The number of imide groups is 1. The van der Waals surface area contributed by atoms with Crippen molar-refractivity contribution in [2.45, 2.75) is 26.9 Å². The van der Waals surface area contributed by atoms with Crippen molar-refractivity contribution in [3.63, 3.8) is 0 Å². The quantitative estimate of drug-likeness (QED) is 0.496. The zero-order valence-electron chi connectivity index (χ0n) is 10.1. The fraction of sp³-hybridized carbons (Fsp3) is 0.818. The Balaban J connectivity index is 2.37. The second-order valence-electron chi connectivity index (χ2n) is 4.46. The highest BCUT2D eigenvalue weighted by atomic mass is 16.3. The maximum Gasteiger partial charge on any atom is 0.232 e. The monoisotopic (exact) mass is 228 g/mol. The van der Waals surface area contributed by atoms with Crippen LogP contribution in [0.3, 0.4) is 0 Å². The Labute approximate surface area is 95.8 Å². The first-order valence-corrected chi connectivity index (χ1v) is 5.69. The van der Waals surface area contributed by atoms with Gasteiger partial charge in [0, 0.05) is 31.5 Å². The number of carbonyl (C=O) groups excluding carboxylic acids is 2. The number of aliphatic hydroxyl groups excluding tert-OH is 1. The lowest BCUT2D eigenvalue weighted by Crippen LogP contribution is -2.38. The highest BCUT2D eigenvalue weighted by Crippen LogP contribution is 2.24. The summed E-state index contributed by atoms with van der Waals surface area (Å²) in [6.45, 7) is 6.65. The Morgan fingerprint density at radius 2 is 1.81 bits per heavy atom. The number of carbonyl (C=O) groups is 2. The van der Waals surface area contributed by atoms with Crippen LogP contribution in [0.5, 0.6) is 0 Å². The van der Waals surface area contributed by atoms with Gasteiger partial charge in [0.25, 0.3) is 0 Å². The lowest BCUT2D eigenvalue weighted by atomic mass is 10.00. The molecule has 1 rings (SSSR count). The van der Waals surface area contributed by atoms with Gasteiger partial charge < -0.3 is 10.4 Å². The Hall–Kier alpha value is -0.940. The molecule has 1 aliphatic heterocycles. The van der Waals surface area contributed by atoms with Gasteiger partial charge >= 0.3 is 0 Å². The Morgan fingerprint density at radius 1 is 1.31 bits per heavy atom. The van der Waals surface area contributed by atoms with E-state index in [0.717, 1.165) is 0 Å². The molecule has 16 heavy (non-hydrogen) atoms. The van der Waals surface area contributed by atoms with Gasteiger partial charge in [0.15, 0.2) is 0 Å². The molecule has 92 valence electrons. The topological polar surface area (TPSA) is 69.6 Å². The number of aliphatic hydroxyl groups is 1. The number of hydrogen-bond acceptors (Lipinski definition) is 4. The number of rotatable bonds is 5. The molecule has 0 aromatic carbocycles. The molecule has 1 fully saturated rings. The van der Waals surface area contributed by atoms with E-state index in [1.807, 2.05) is 0 Å². The predicted molar refractivity (Wildman–Crippen MR) is 59.6 cm³/mol. The van der Waals surface area contributed by atoms with E-state index >= 15 is 0 Å². The van der Waals surface area contributed by atoms with Crippen molar-refractivity contribution in [2.75, 3.05) is 19.6 Å². The van der Waals surface area contributed by atoms with Crippen LogP contribution < -0.4 is 5.32 Å². The molecule has 0 saturated carbocycles. The minimum atomic E-state index is -0.414. The van der Waals surface area contributed by atoms with Crippen LogP contribution in [-0.2, 0) is 9.59 Å². The van der Waals surface area contributed by atoms with Crippen molar-refractivity contribution in [3.8, 4) is 0 Å². The summed E-state index contributed by atoms with van der Waals surface area (Å²) in [6, 6.07) is 0. The van der Waals surface area contributed by atoms with Crippen molar-refractivity contribution in [3.05, 3.63) is 0 Å². The van der Waals surface area contributed by atoms with E-state index in [1.165, 1.54) is 4.90 Å². The van der Waals surface area contributed by atoms with Gasteiger partial charge in [-0.05, 0) is 6.92 Å². The first kappa shape index (κ1) is 13.1. The summed E-state index contributed by atoms with van der Waals surface area (Å²) in [5.41, 5.74) is 0. The maximum atomic E-state index is 11.7. The average molecular weight is 228 g/mol. The molecule has 0 aliphatic carbocycles. The Kier molecular flexibility index (Phi) is 4.44. The van der Waals surface area contributed by atoms with E-state index in [9.17, 15) is 9.59 Å². The normalized spacial score (nSPS) is 27.6. The van der Waals surface area contributed by atoms with E-state index in [0.29, 0.717) is 19.6 Å². The fourth-order valence-corrected chi connectivity index (χ4v) is 1.75. The molecule has 0 aromatic heterocycles. The highest BCUT2D eigenvalue weighted by Gasteiger charge is 2.41. The molecule has 3 atom stereocenters. The van der Waals surface area contributed by atoms with Gasteiger partial charge in [0.2, 0.25) is 11.8 Å². The largest absolute Gasteiger partial charge is 0.392 e. The summed E-state index contributed by atoms with van der Waals surface area (Å²) < 4.78 is 0. The van der Waals surface area contributed by atoms with Crippen LogP contribution in [0.25, 0.3) is 0 Å². The van der Waals surface area contributed by atoms with Crippen LogP contribution >= 0.6 is 0 Å². The van der Waals surface area contributed by atoms with E-state index in [1.54, 1.807) is 20.8 Å². The predicted octanol–water partition coefficient (Wildman–Crippen LogP) is -0.402. The highest BCUT2D eigenvalue weighted by molar-refractivity contribution is 6.04. The van der Waals surface area contributed by atoms with Crippen LogP contribution in [0.2, 0.25) is 0 Å². The number of likely N-dealkylation sites (tertiary alicyclic amines) is 1. The molecule has 1 saturated heterocycles. The first-order chi connectivity index (χ1) is 7.45. The van der Waals surface area contributed by atoms with Gasteiger partial charge in [-0.15, -0.1) is 0 Å². The molecule has 1 aliphatic rings. The van der Waals surface area contributed by atoms with Crippen molar-refractivity contribution >= 4 is 11.8 Å². The van der Waals surface area contributed by atoms with Crippen LogP contribution in [0.15, 0.2) is 0 Å². The fourth-order valence-electron chi connectivity index (χ4n) is 1.75. The Bertz CT molecular complexity index is 258. The van der Waals surface area contributed by atoms with Crippen molar-refractivity contribution in [1.82, 2.24) is 10.2 Å². The average Bonchev–Trinajstić information content (AvgIpc) is 2.40. The summed E-state index contributed by atoms with van der Waals surface area (Å²) in [5, 5.41) is 12.0. The minimum Gasteiger partial charge on any atom is -0.392 e. The van der Waals surface area contributed by atoms with Crippen LogP contribution in [0.1, 0.15) is 20.8 Å². The SMILES string of the molecule is CC(O)CNCCN1C(=O)C(C)C(C)C1=O. The summed E-state index contributed by atoms with van der Waals surface area (Å²) in [6.07, 6.45) is -0.414. The second kappa shape index (κ2) is 5.41. The third-order valence-electron chi connectivity index (χ3n) is 3.01. The van der Waals surface area contributed by atoms with E-state index in [-0.39, 0.29) is 23.7 Å². The third kappa shape index (κ3) is 2.80. The maximum absolute atomic E-state index is 11.7. The molecular weight excluding hydrogens is 208 g/mol. The summed E-state index contributed by atoms with van der Waals surface area (Å²) in [7, 11) is 0. The number of nitrogens with zero attached hydrogens (tertiary/aromatic N) is 1. The van der Waals surface area contributed by atoms with Crippen molar-refractivity contribution in [2.24, 2.45) is 11.8 Å². The van der Waals surface area contributed by atoms with Crippen LogP contribution in [-0.4, -0.2) is 47.6 Å². The summed E-state index contributed by atoms with van der Waals surface area (Å²) in [5.74, 6) is -0.582. The number of amides is 2. The first-order valence-electron chi connectivity index (χ1n) is 5.69. The van der Waals surface area contributed by atoms with Gasteiger partial charge in [-0.3, -0.25) is 14.5 Å². The zero-order chi connectivity index (χ0) is 12.3. The smallest absolute Gasteiger partial charge is 0.232 e. The van der Waals surface area contributed by atoms with Crippen LogP contribution in [0, 0.1) is 11.8 Å². The molecular formula is C11H20N2O3. The van der Waals surface area contributed by atoms with Gasteiger partial charge in [0.05, 0.1) is 6.10 Å². The van der Waals surface area contributed by atoms with E-state index < -0.39 is 6.10 Å². The van der Waals surface area contributed by atoms with Crippen LogP contribution in [0.4, 0.5) is 0 Å². The van der Waals surface area contributed by atoms with Gasteiger partial charge in [0.1, 0.15) is 0 Å². The molecule has 2 N–H and O–H groups in total. The Morgan fingerprint density at radius 3 is 2.25 bits per heavy atom. The molecule has 3 unspecified atom stereocenters. The second-order valence-corrected chi connectivity index (χ2v) is 4.46. The molecule has 0 spiro atoms. The standard InChI is InChI=1S/C11H20N2O3/c1-7(14)6-12-4-5-13-10(15)8(2)9(3)11(13)16/h7-9,12,14H,4-6H2,1-3H3. The van der Waals surface area contributed by atoms with E-state index in [4.69, 9.17) is 5.11 Å². The lowest BCUT2D eigenvalue weighted by molar-refractivity contribution is -0.139. The van der Waals surface area contributed by atoms with Gasteiger partial charge in [-0.1, -0.05) is 13.8 Å². The molecule has 1 heterocycles. The summed E-state index contributed by atoms with van der Waals surface area (Å²) in [4.78, 5) is 24.7. The summed E-state index contributed by atoms with van der Waals surface area (Å²) >= 11 is 0. The minimum absolute atomic E-state index is 0.0867. The van der Waals surface area contributed by atoms with Gasteiger partial charge in [-0.2, -0.15) is 0 Å². The number of nitrogens with one attached hydrogen (secondary N) is 1. The lowest BCUT2D eigenvalue weighted by Gasteiger charge is -2.15. The zero-order valence-corrected chi connectivity index (χ0v) is 10.1. The van der Waals surface area contributed by atoms with E-state index in [2.05, 4.69) is 5.32 Å².